The van der Waals surface area contributed by atoms with Gasteiger partial charge in [-0.15, -0.1) is 0 Å². The van der Waals surface area contributed by atoms with Crippen molar-refractivity contribution in [1.29, 1.82) is 0 Å². The number of phosphoric acid groups is 1. The summed E-state index contributed by atoms with van der Waals surface area (Å²) in [6.07, 6.45) is 49.4. The highest BCUT2D eigenvalue weighted by molar-refractivity contribution is 7.47. The van der Waals surface area contributed by atoms with Gasteiger partial charge in [-0.25, -0.2) is 4.57 Å². The first-order valence-corrected chi connectivity index (χ1v) is 22.1. The molecule has 314 valence electrons. The number of nitrogens with two attached hydrogens (primary N) is 1. The topological polar surface area (TPSA) is 155 Å². The van der Waals surface area contributed by atoms with Crippen molar-refractivity contribution in [3.8, 4) is 0 Å². The smallest absolute Gasteiger partial charge is 0.472 e. The van der Waals surface area contributed by atoms with Crippen molar-refractivity contribution in [2.45, 2.75) is 154 Å². The summed E-state index contributed by atoms with van der Waals surface area (Å²) in [5.74, 6) is -1.81. The van der Waals surface area contributed by atoms with Crippen LogP contribution in [0.2, 0.25) is 0 Å². The molecular formula is C44H74NO9P. The lowest BCUT2D eigenvalue weighted by Gasteiger charge is -2.20. The summed E-state index contributed by atoms with van der Waals surface area (Å²) < 4.78 is 33.1. The third kappa shape index (κ3) is 39.2. The fraction of sp³-hybridized carbons (Fsp3) is 0.636. The van der Waals surface area contributed by atoms with Gasteiger partial charge in [-0.2, -0.15) is 0 Å². The Morgan fingerprint density at radius 2 is 1.05 bits per heavy atom. The molecule has 0 saturated heterocycles. The Labute approximate surface area is 333 Å². The zero-order chi connectivity index (χ0) is 40.5. The van der Waals surface area contributed by atoms with E-state index in [1.165, 1.54) is 32.1 Å². The first-order chi connectivity index (χ1) is 26.7. The molecule has 0 amide bonds. The van der Waals surface area contributed by atoms with E-state index in [2.05, 4.69) is 103 Å². The molecule has 0 fully saturated rings. The fourth-order valence-corrected chi connectivity index (χ4v) is 5.77. The zero-order valence-electron chi connectivity index (χ0n) is 34.0. The normalized spacial score (nSPS) is 14.8. The Kier molecular flexibility index (Phi) is 37.3. The van der Waals surface area contributed by atoms with Gasteiger partial charge in [-0.05, 0) is 70.6 Å². The number of carboxylic acid groups (broad SMARTS) is 1. The number of unbranched alkanes of at least 4 members (excludes halogenated alkanes) is 10. The third-order valence-electron chi connectivity index (χ3n) is 8.19. The molecular weight excluding hydrogens is 717 g/mol. The summed E-state index contributed by atoms with van der Waals surface area (Å²) in [7, 11) is -4.63. The van der Waals surface area contributed by atoms with Crippen molar-refractivity contribution >= 4 is 19.8 Å². The molecule has 0 spiro atoms. The van der Waals surface area contributed by atoms with Gasteiger partial charge >= 0.3 is 19.8 Å². The van der Waals surface area contributed by atoms with Crippen molar-refractivity contribution in [3.05, 3.63) is 85.1 Å². The molecule has 3 unspecified atom stereocenters. The van der Waals surface area contributed by atoms with E-state index >= 15 is 0 Å². The van der Waals surface area contributed by atoms with Gasteiger partial charge in [0.2, 0.25) is 0 Å². The average molecular weight is 792 g/mol. The Morgan fingerprint density at radius 3 is 1.55 bits per heavy atom. The Balaban J connectivity index is 4.29. The predicted molar refractivity (Wildman–Crippen MR) is 226 cm³/mol. The number of hydrogen-bond donors (Lipinski definition) is 3. The number of carbonyl (C=O) groups excluding carboxylic acids is 1. The number of hydrogen-bond acceptors (Lipinski definition) is 8. The minimum Gasteiger partial charge on any atom is -0.480 e. The van der Waals surface area contributed by atoms with E-state index in [0.29, 0.717) is 13.0 Å². The molecule has 11 heteroatoms. The molecule has 0 bridgehead atoms. The molecule has 3 atom stereocenters. The van der Waals surface area contributed by atoms with Gasteiger partial charge in [0.1, 0.15) is 12.1 Å². The molecule has 0 saturated carbocycles. The lowest BCUT2D eigenvalue weighted by molar-refractivity contribution is -0.154. The molecule has 10 nitrogen and oxygen atoms in total. The number of aliphatic carboxylic acids is 1. The van der Waals surface area contributed by atoms with Crippen LogP contribution < -0.4 is 5.73 Å². The molecule has 0 aliphatic rings. The SMILES string of the molecule is CC/C=C\C/C=C\C/C=C\C/C=C\C/C=C\C/C=C\C/C=C\CCCCOCC(COP(=O)(O)OCC(N)C(=O)O)OC(=O)CCCCCCCCCCC. The molecule has 0 aromatic rings. The minimum atomic E-state index is -4.63. The van der Waals surface area contributed by atoms with Gasteiger partial charge in [0, 0.05) is 13.0 Å². The maximum Gasteiger partial charge on any atom is 0.472 e. The van der Waals surface area contributed by atoms with Gasteiger partial charge in [-0.1, -0.05) is 150 Å². The fourth-order valence-electron chi connectivity index (χ4n) is 4.99. The summed E-state index contributed by atoms with van der Waals surface area (Å²) in [5, 5.41) is 8.87. The lowest BCUT2D eigenvalue weighted by atomic mass is 10.1. The van der Waals surface area contributed by atoms with Gasteiger partial charge in [0.05, 0.1) is 19.8 Å². The number of phosphoric ester groups is 1. The molecule has 0 aromatic carbocycles. The second-order valence-electron chi connectivity index (χ2n) is 13.4. The molecule has 0 aliphatic carbocycles. The second-order valence-corrected chi connectivity index (χ2v) is 14.8. The van der Waals surface area contributed by atoms with Crippen molar-refractivity contribution in [2.24, 2.45) is 5.73 Å². The highest BCUT2D eigenvalue weighted by atomic mass is 31.2. The number of carboxylic acids is 1. The minimum absolute atomic E-state index is 0.0172. The lowest BCUT2D eigenvalue weighted by Crippen LogP contribution is -2.34. The van der Waals surface area contributed by atoms with Gasteiger partial charge in [0.25, 0.3) is 0 Å². The van der Waals surface area contributed by atoms with Crippen molar-refractivity contribution in [2.75, 3.05) is 26.4 Å². The Morgan fingerprint density at radius 1 is 0.600 bits per heavy atom. The summed E-state index contributed by atoms with van der Waals surface area (Å²) in [6, 6.07) is -1.48. The van der Waals surface area contributed by atoms with E-state index in [1.807, 2.05) is 0 Å². The maximum absolute atomic E-state index is 12.5. The first kappa shape index (κ1) is 52.2. The monoisotopic (exact) mass is 792 g/mol. The van der Waals surface area contributed by atoms with Crippen LogP contribution in [0, 0.1) is 0 Å². The van der Waals surface area contributed by atoms with Crippen LogP contribution in [0.3, 0.4) is 0 Å². The van der Waals surface area contributed by atoms with Crippen molar-refractivity contribution in [1.82, 2.24) is 0 Å². The Bertz CT molecular complexity index is 1190. The van der Waals surface area contributed by atoms with Crippen LogP contribution in [-0.2, 0) is 32.7 Å². The number of carbonyl (C=O) groups is 2. The number of rotatable bonds is 38. The standard InChI is InChI=1S/C44H74NO9P/c1-3-5-7-9-11-13-14-15-16-17-18-19-20-21-22-23-24-25-26-27-29-31-33-35-37-51-38-41(39-52-55(49,50)53-40-42(45)44(47)48)54-43(46)36-34-32-30-28-12-10-8-6-4-2/h5,7,11,13,15-16,18-19,21-22,24-25,27,29,41-42H,3-4,6,8-10,12,14,17,20,23,26,28,30-40,45H2,1-2H3,(H,47,48)(H,49,50)/b7-5-,13-11-,16-15-,19-18-,22-21-,25-24-,29-27-. The molecule has 0 heterocycles. The van der Waals surface area contributed by atoms with Crippen LogP contribution in [0.5, 0.6) is 0 Å². The largest absolute Gasteiger partial charge is 0.480 e. The van der Waals surface area contributed by atoms with E-state index in [9.17, 15) is 19.0 Å². The van der Waals surface area contributed by atoms with E-state index in [-0.39, 0.29) is 13.0 Å². The summed E-state index contributed by atoms with van der Waals surface area (Å²) in [4.78, 5) is 33.4. The van der Waals surface area contributed by atoms with E-state index in [1.54, 1.807) is 0 Å². The van der Waals surface area contributed by atoms with Gasteiger partial charge < -0.3 is 25.2 Å². The molecule has 55 heavy (non-hydrogen) atoms. The van der Waals surface area contributed by atoms with E-state index in [4.69, 9.17) is 24.8 Å². The first-order valence-electron chi connectivity index (χ1n) is 20.6. The summed E-state index contributed by atoms with van der Waals surface area (Å²) >= 11 is 0. The van der Waals surface area contributed by atoms with Gasteiger partial charge in [-0.3, -0.25) is 18.6 Å². The van der Waals surface area contributed by atoms with Crippen LogP contribution in [0.1, 0.15) is 142 Å². The number of esters is 1. The van der Waals surface area contributed by atoms with E-state index < -0.39 is 45.1 Å². The second kappa shape index (κ2) is 39.4. The van der Waals surface area contributed by atoms with Crippen LogP contribution in [0.4, 0.5) is 0 Å². The summed E-state index contributed by atoms with van der Waals surface area (Å²) in [6.45, 7) is 3.60. The molecule has 0 aliphatic heterocycles. The number of ether oxygens (including phenoxy) is 2. The highest BCUT2D eigenvalue weighted by Gasteiger charge is 2.27. The quantitative estimate of drug-likeness (QED) is 0.0238. The van der Waals surface area contributed by atoms with Crippen molar-refractivity contribution in [3.63, 3.8) is 0 Å². The molecule has 0 radical (unpaired) electrons. The van der Waals surface area contributed by atoms with Gasteiger partial charge in [0.15, 0.2) is 0 Å². The Hall–Kier alpha value is -2.85. The van der Waals surface area contributed by atoms with Crippen LogP contribution in [0.15, 0.2) is 85.1 Å². The molecule has 0 aromatic heterocycles. The molecule has 4 N–H and O–H groups in total. The van der Waals surface area contributed by atoms with Crippen LogP contribution in [0.25, 0.3) is 0 Å². The third-order valence-corrected chi connectivity index (χ3v) is 9.14. The zero-order valence-corrected chi connectivity index (χ0v) is 34.9. The molecule has 0 rings (SSSR count). The predicted octanol–water partition coefficient (Wildman–Crippen LogP) is 11.2. The van der Waals surface area contributed by atoms with Crippen molar-refractivity contribution < 1.29 is 42.7 Å². The highest BCUT2D eigenvalue weighted by Crippen LogP contribution is 2.43. The summed E-state index contributed by atoms with van der Waals surface area (Å²) in [5.41, 5.74) is 5.33. The number of allylic oxidation sites excluding steroid dienone is 14. The van der Waals surface area contributed by atoms with Crippen LogP contribution >= 0.6 is 7.82 Å². The average Bonchev–Trinajstić information content (AvgIpc) is 3.16. The van der Waals surface area contributed by atoms with Crippen LogP contribution in [-0.4, -0.2) is 60.5 Å². The maximum atomic E-state index is 12.5. The van der Waals surface area contributed by atoms with E-state index in [0.717, 1.165) is 83.5 Å².